The maximum Gasteiger partial charge on any atom is 0.0573 e. The summed E-state index contributed by atoms with van der Waals surface area (Å²) in [7, 11) is 2.09. The highest BCUT2D eigenvalue weighted by Crippen LogP contribution is 2.58. The summed E-state index contributed by atoms with van der Waals surface area (Å²) in [5.74, 6) is 5.15. The molecule has 0 radical (unpaired) electrons. The van der Waals surface area contributed by atoms with E-state index in [0.29, 0.717) is 6.04 Å². The Hall–Kier alpha value is -0.890. The van der Waals surface area contributed by atoms with Gasteiger partial charge < -0.3 is 5.32 Å². The van der Waals surface area contributed by atoms with Crippen molar-refractivity contribution in [2.24, 2.45) is 29.6 Å². The van der Waals surface area contributed by atoms with Crippen molar-refractivity contribution < 1.29 is 0 Å². The minimum absolute atomic E-state index is 0.443. The molecule has 1 heterocycles. The zero-order chi connectivity index (χ0) is 13.5. The summed E-state index contributed by atoms with van der Waals surface area (Å²) in [6, 6.07) is 6.75. The van der Waals surface area contributed by atoms with Gasteiger partial charge in [-0.1, -0.05) is 6.07 Å². The normalized spacial score (nSPS) is 40.0. The topological polar surface area (TPSA) is 24.9 Å². The first kappa shape index (κ1) is 12.8. The maximum atomic E-state index is 4.57. The second-order valence-corrected chi connectivity index (χ2v) is 7.43. The molecule has 2 nitrogen and oxygen atoms in total. The van der Waals surface area contributed by atoms with Crippen LogP contribution in [-0.2, 0) is 0 Å². The molecule has 0 amide bonds. The molecule has 0 saturated heterocycles. The van der Waals surface area contributed by atoms with Crippen molar-refractivity contribution in [2.45, 2.75) is 44.6 Å². The Labute approximate surface area is 122 Å². The molecule has 1 aromatic heterocycles. The van der Waals surface area contributed by atoms with Crippen LogP contribution in [0.25, 0.3) is 0 Å². The molecule has 108 valence electrons. The van der Waals surface area contributed by atoms with Gasteiger partial charge in [-0.05, 0) is 87.3 Å². The fraction of sp³-hybridized carbons (Fsp3) is 0.722. The van der Waals surface area contributed by atoms with Crippen LogP contribution in [0.5, 0.6) is 0 Å². The Balaban J connectivity index is 1.50. The highest BCUT2D eigenvalue weighted by molar-refractivity contribution is 5.10. The molecule has 5 rings (SSSR count). The lowest BCUT2D eigenvalue weighted by Crippen LogP contribution is -2.46. The smallest absolute Gasteiger partial charge is 0.0573 e. The third kappa shape index (κ3) is 2.18. The SMILES string of the molecule is CNC(CC1C2CC3CC(C2)CC1C3)c1ccccn1. The molecule has 1 aromatic rings. The van der Waals surface area contributed by atoms with Gasteiger partial charge >= 0.3 is 0 Å². The number of hydrogen-bond donors (Lipinski definition) is 1. The van der Waals surface area contributed by atoms with E-state index in [2.05, 4.69) is 29.5 Å². The fourth-order valence-corrected chi connectivity index (χ4v) is 5.66. The largest absolute Gasteiger partial charge is 0.312 e. The van der Waals surface area contributed by atoms with Crippen LogP contribution in [0.1, 0.15) is 50.3 Å². The van der Waals surface area contributed by atoms with E-state index < -0.39 is 0 Å². The van der Waals surface area contributed by atoms with Crippen molar-refractivity contribution in [2.75, 3.05) is 7.05 Å². The van der Waals surface area contributed by atoms with Crippen LogP contribution in [0.4, 0.5) is 0 Å². The van der Waals surface area contributed by atoms with Crippen LogP contribution in [-0.4, -0.2) is 12.0 Å². The molecule has 4 saturated carbocycles. The summed E-state index contributed by atoms with van der Waals surface area (Å²) < 4.78 is 0. The van der Waals surface area contributed by atoms with Gasteiger partial charge in [0.1, 0.15) is 0 Å². The molecule has 0 aromatic carbocycles. The van der Waals surface area contributed by atoms with Crippen LogP contribution < -0.4 is 5.32 Å². The Bertz CT molecular complexity index is 428. The van der Waals surface area contributed by atoms with Gasteiger partial charge in [-0.2, -0.15) is 0 Å². The predicted octanol–water partition coefficient (Wildman–Crippen LogP) is 3.80. The van der Waals surface area contributed by atoms with Crippen molar-refractivity contribution in [3.63, 3.8) is 0 Å². The van der Waals surface area contributed by atoms with E-state index in [1.54, 1.807) is 6.42 Å². The summed E-state index contributed by atoms with van der Waals surface area (Å²) in [6.45, 7) is 0. The first-order valence-electron chi connectivity index (χ1n) is 8.41. The molecular formula is C18H26N2. The van der Waals surface area contributed by atoms with Crippen LogP contribution in [0.3, 0.4) is 0 Å². The molecule has 1 atom stereocenters. The van der Waals surface area contributed by atoms with Gasteiger partial charge in [-0.3, -0.25) is 4.98 Å². The number of aromatic nitrogens is 1. The van der Waals surface area contributed by atoms with Crippen molar-refractivity contribution in [3.05, 3.63) is 30.1 Å². The van der Waals surface area contributed by atoms with Gasteiger partial charge in [0.05, 0.1) is 5.69 Å². The lowest BCUT2D eigenvalue weighted by atomic mass is 9.51. The van der Waals surface area contributed by atoms with E-state index in [1.165, 1.54) is 37.8 Å². The van der Waals surface area contributed by atoms with E-state index in [9.17, 15) is 0 Å². The van der Waals surface area contributed by atoms with Crippen molar-refractivity contribution in [3.8, 4) is 0 Å². The second-order valence-electron chi connectivity index (χ2n) is 7.43. The Morgan fingerprint density at radius 1 is 1.10 bits per heavy atom. The molecule has 1 N–H and O–H groups in total. The minimum Gasteiger partial charge on any atom is -0.312 e. The first-order chi connectivity index (χ1) is 9.83. The van der Waals surface area contributed by atoms with Gasteiger partial charge in [0, 0.05) is 12.2 Å². The lowest BCUT2D eigenvalue weighted by molar-refractivity contribution is -0.0432. The highest BCUT2D eigenvalue weighted by Gasteiger charge is 2.48. The third-order valence-corrected chi connectivity index (χ3v) is 6.32. The summed E-state index contributed by atoms with van der Waals surface area (Å²) in [5.41, 5.74) is 1.23. The van der Waals surface area contributed by atoms with Crippen LogP contribution in [0.2, 0.25) is 0 Å². The molecule has 4 aliphatic rings. The van der Waals surface area contributed by atoms with Crippen LogP contribution in [0, 0.1) is 29.6 Å². The zero-order valence-corrected chi connectivity index (χ0v) is 12.5. The first-order valence-corrected chi connectivity index (χ1v) is 8.41. The summed E-state index contributed by atoms with van der Waals surface area (Å²) in [5, 5.41) is 3.51. The second kappa shape index (κ2) is 5.14. The highest BCUT2D eigenvalue weighted by atomic mass is 14.9. The Morgan fingerprint density at radius 2 is 1.80 bits per heavy atom. The van der Waals surface area contributed by atoms with E-state index in [4.69, 9.17) is 0 Å². The maximum absolute atomic E-state index is 4.57. The number of nitrogens with zero attached hydrogens (tertiary/aromatic N) is 1. The lowest BCUT2D eigenvalue weighted by Gasteiger charge is -2.55. The number of hydrogen-bond acceptors (Lipinski definition) is 2. The van der Waals surface area contributed by atoms with Crippen LogP contribution in [0.15, 0.2) is 24.4 Å². The minimum atomic E-state index is 0.443. The van der Waals surface area contributed by atoms with Gasteiger partial charge in [0.15, 0.2) is 0 Å². The molecule has 20 heavy (non-hydrogen) atoms. The van der Waals surface area contributed by atoms with Gasteiger partial charge in [0.25, 0.3) is 0 Å². The monoisotopic (exact) mass is 270 g/mol. The quantitative estimate of drug-likeness (QED) is 0.900. The summed E-state index contributed by atoms with van der Waals surface area (Å²) in [6.07, 6.45) is 10.9. The predicted molar refractivity (Wildman–Crippen MR) is 81.2 cm³/mol. The van der Waals surface area contributed by atoms with Crippen molar-refractivity contribution in [1.82, 2.24) is 10.3 Å². The van der Waals surface area contributed by atoms with Gasteiger partial charge in [0.2, 0.25) is 0 Å². The van der Waals surface area contributed by atoms with Crippen LogP contribution >= 0.6 is 0 Å². The standard InChI is InChI=1S/C18H26N2/c1-19-18(17-4-2-3-5-20-17)11-16-14-7-12-6-13(9-14)10-15(16)8-12/h2-5,12-16,18-19H,6-11H2,1H3. The molecule has 0 aliphatic heterocycles. The van der Waals surface area contributed by atoms with Crippen molar-refractivity contribution >= 4 is 0 Å². The van der Waals surface area contributed by atoms with Gasteiger partial charge in [-0.15, -0.1) is 0 Å². The number of pyridine rings is 1. The Kier molecular flexibility index (Phi) is 3.30. The molecule has 4 bridgehead atoms. The van der Waals surface area contributed by atoms with E-state index >= 15 is 0 Å². The number of rotatable bonds is 4. The Morgan fingerprint density at radius 3 is 2.35 bits per heavy atom. The van der Waals surface area contributed by atoms with Gasteiger partial charge in [-0.25, -0.2) is 0 Å². The van der Waals surface area contributed by atoms with Crippen molar-refractivity contribution in [1.29, 1.82) is 0 Å². The average molecular weight is 270 g/mol. The van der Waals surface area contributed by atoms with E-state index in [0.717, 1.165) is 29.6 Å². The summed E-state index contributed by atoms with van der Waals surface area (Å²) in [4.78, 5) is 4.57. The molecule has 2 heteroatoms. The zero-order valence-electron chi connectivity index (χ0n) is 12.5. The molecule has 4 aliphatic carbocycles. The van der Waals surface area contributed by atoms with E-state index in [1.807, 2.05) is 12.3 Å². The third-order valence-electron chi connectivity index (χ3n) is 6.32. The molecule has 0 spiro atoms. The molecular weight excluding hydrogens is 244 g/mol. The van der Waals surface area contributed by atoms with E-state index in [-0.39, 0.29) is 0 Å². The molecule has 4 fully saturated rings. The summed E-state index contributed by atoms with van der Waals surface area (Å²) >= 11 is 0. The number of nitrogens with one attached hydrogen (secondary N) is 1. The molecule has 1 unspecified atom stereocenters. The fourth-order valence-electron chi connectivity index (χ4n) is 5.66. The average Bonchev–Trinajstić information content (AvgIpc) is 2.47.